The van der Waals surface area contributed by atoms with Gasteiger partial charge in [-0.3, -0.25) is 0 Å². The molecule has 122 valence electrons. The summed E-state index contributed by atoms with van der Waals surface area (Å²) >= 11 is 0. The average molecular weight is 306 g/mol. The van der Waals surface area contributed by atoms with Crippen LogP contribution in [0.1, 0.15) is 0 Å². The highest BCUT2D eigenvalue weighted by Crippen LogP contribution is 2.21. The Labute approximate surface area is 123 Å². The van der Waals surface area contributed by atoms with E-state index in [2.05, 4.69) is 5.92 Å². The second kappa shape index (κ2) is 10.0. The molecule has 0 aromatic rings. The Morgan fingerprint density at radius 1 is 0.952 bits per heavy atom. The topological polar surface area (TPSA) is 118 Å². The van der Waals surface area contributed by atoms with E-state index >= 15 is 0 Å². The molecular formula is C13H22O8. The number of rotatable bonds is 9. The number of terminal acetylenes is 1. The highest BCUT2D eigenvalue weighted by atomic mass is 16.7. The predicted octanol–water partition coefficient (Wildman–Crippen LogP) is -2.53. The van der Waals surface area contributed by atoms with Crippen LogP contribution in [0.4, 0.5) is 0 Å². The molecule has 1 aliphatic rings. The van der Waals surface area contributed by atoms with E-state index in [0.717, 1.165) is 0 Å². The molecule has 5 atom stereocenters. The highest BCUT2D eigenvalue weighted by molar-refractivity contribution is 4.88. The van der Waals surface area contributed by atoms with Gasteiger partial charge >= 0.3 is 0 Å². The summed E-state index contributed by atoms with van der Waals surface area (Å²) < 4.78 is 20.6. The minimum absolute atomic E-state index is 0.109. The zero-order valence-corrected chi connectivity index (χ0v) is 11.6. The van der Waals surface area contributed by atoms with Crippen LogP contribution in [0.5, 0.6) is 0 Å². The Bertz CT molecular complexity index is 316. The molecule has 0 saturated carbocycles. The summed E-state index contributed by atoms with van der Waals surface area (Å²) in [6.45, 7) is 0.786. The van der Waals surface area contributed by atoms with Crippen LogP contribution >= 0.6 is 0 Å². The molecule has 0 aromatic heterocycles. The fourth-order valence-corrected chi connectivity index (χ4v) is 1.78. The second-order valence-electron chi connectivity index (χ2n) is 4.44. The maximum absolute atomic E-state index is 9.70. The number of aliphatic hydroxyl groups is 4. The third-order valence-corrected chi connectivity index (χ3v) is 2.92. The van der Waals surface area contributed by atoms with Gasteiger partial charge in [0.2, 0.25) is 0 Å². The molecular weight excluding hydrogens is 284 g/mol. The van der Waals surface area contributed by atoms with Gasteiger partial charge in [-0.05, 0) is 0 Å². The molecule has 0 aromatic carbocycles. The van der Waals surface area contributed by atoms with Gasteiger partial charge in [-0.1, -0.05) is 5.92 Å². The Hall–Kier alpha value is -0.760. The Balaban J connectivity index is 2.17. The van der Waals surface area contributed by atoms with Gasteiger partial charge in [-0.25, -0.2) is 0 Å². The van der Waals surface area contributed by atoms with Crippen molar-refractivity contribution < 1.29 is 39.4 Å². The first-order valence-electron chi connectivity index (χ1n) is 6.63. The van der Waals surface area contributed by atoms with Gasteiger partial charge in [-0.2, -0.15) is 0 Å². The van der Waals surface area contributed by atoms with E-state index < -0.39 is 37.3 Å². The maximum Gasteiger partial charge on any atom is 0.186 e. The number of aliphatic hydroxyl groups excluding tert-OH is 4. The molecule has 1 rings (SSSR count). The molecule has 21 heavy (non-hydrogen) atoms. The highest BCUT2D eigenvalue weighted by Gasteiger charge is 2.43. The quantitative estimate of drug-likeness (QED) is 0.272. The first-order valence-corrected chi connectivity index (χ1v) is 6.63. The van der Waals surface area contributed by atoms with Gasteiger partial charge in [0.1, 0.15) is 31.0 Å². The van der Waals surface area contributed by atoms with Crippen molar-refractivity contribution in [3.05, 3.63) is 0 Å². The Morgan fingerprint density at radius 2 is 1.62 bits per heavy atom. The average Bonchev–Trinajstić information content (AvgIpc) is 2.49. The molecule has 5 unspecified atom stereocenters. The molecule has 8 nitrogen and oxygen atoms in total. The van der Waals surface area contributed by atoms with E-state index in [1.165, 1.54) is 0 Å². The lowest BCUT2D eigenvalue weighted by Gasteiger charge is -2.39. The van der Waals surface area contributed by atoms with E-state index in [1.54, 1.807) is 0 Å². The maximum atomic E-state index is 9.70. The summed E-state index contributed by atoms with van der Waals surface area (Å²) in [5, 5.41) is 37.9. The van der Waals surface area contributed by atoms with Gasteiger partial charge in [-0.15, -0.1) is 6.42 Å². The van der Waals surface area contributed by atoms with Crippen molar-refractivity contribution in [2.24, 2.45) is 0 Å². The van der Waals surface area contributed by atoms with Crippen LogP contribution in [0.15, 0.2) is 0 Å². The van der Waals surface area contributed by atoms with Gasteiger partial charge in [0.05, 0.1) is 33.0 Å². The van der Waals surface area contributed by atoms with E-state index in [9.17, 15) is 15.3 Å². The van der Waals surface area contributed by atoms with Crippen molar-refractivity contribution in [3.8, 4) is 12.3 Å². The van der Waals surface area contributed by atoms with E-state index in [-0.39, 0.29) is 19.8 Å². The molecule has 4 N–H and O–H groups in total. The third-order valence-electron chi connectivity index (χ3n) is 2.92. The molecule has 1 heterocycles. The Kier molecular flexibility index (Phi) is 8.75. The lowest BCUT2D eigenvalue weighted by molar-refractivity contribution is -0.302. The van der Waals surface area contributed by atoms with Crippen LogP contribution in [0, 0.1) is 12.3 Å². The molecule has 8 heteroatoms. The summed E-state index contributed by atoms with van der Waals surface area (Å²) in [6.07, 6.45) is -1.36. The molecule has 0 radical (unpaired) electrons. The number of ether oxygens (including phenoxy) is 4. The lowest BCUT2D eigenvalue weighted by Crippen LogP contribution is -2.59. The van der Waals surface area contributed by atoms with Crippen LogP contribution in [0.25, 0.3) is 0 Å². The van der Waals surface area contributed by atoms with Gasteiger partial charge in [0, 0.05) is 0 Å². The number of hydrogen-bond acceptors (Lipinski definition) is 8. The largest absolute Gasteiger partial charge is 0.394 e. The molecule has 0 spiro atoms. The second-order valence-corrected chi connectivity index (χ2v) is 4.44. The lowest BCUT2D eigenvalue weighted by atomic mass is 9.99. The first kappa shape index (κ1) is 18.3. The van der Waals surface area contributed by atoms with Crippen LogP contribution in [0.2, 0.25) is 0 Å². The fourth-order valence-electron chi connectivity index (χ4n) is 1.78. The van der Waals surface area contributed by atoms with E-state index in [1.807, 2.05) is 0 Å². The molecule has 0 aliphatic carbocycles. The summed E-state index contributed by atoms with van der Waals surface area (Å²) in [5.74, 6) is 2.32. The fraction of sp³-hybridized carbons (Fsp3) is 0.846. The SMILES string of the molecule is C#CCOCCOCCOC1OC(CO)C(O)C(O)C1O. The molecule has 0 amide bonds. The molecule has 1 fully saturated rings. The molecule has 0 bridgehead atoms. The van der Waals surface area contributed by atoms with Crippen LogP contribution in [-0.4, -0.2) is 90.8 Å². The van der Waals surface area contributed by atoms with Gasteiger partial charge < -0.3 is 39.4 Å². The normalized spacial score (nSPS) is 32.8. The van der Waals surface area contributed by atoms with Crippen molar-refractivity contribution in [1.29, 1.82) is 0 Å². The minimum Gasteiger partial charge on any atom is -0.394 e. The molecule has 1 aliphatic heterocycles. The van der Waals surface area contributed by atoms with E-state index in [4.69, 9.17) is 30.5 Å². The summed E-state index contributed by atoms with van der Waals surface area (Å²) in [5.41, 5.74) is 0. The standard InChI is InChI=1S/C13H22O8/c1-2-3-18-4-5-19-6-7-20-13-12(17)11(16)10(15)9(8-14)21-13/h1,9-17H,3-8H2. The monoisotopic (exact) mass is 306 g/mol. The van der Waals surface area contributed by atoms with Crippen molar-refractivity contribution in [3.63, 3.8) is 0 Å². The predicted molar refractivity (Wildman–Crippen MR) is 70.2 cm³/mol. The summed E-state index contributed by atoms with van der Waals surface area (Å²) in [4.78, 5) is 0. The third kappa shape index (κ3) is 5.86. The Morgan fingerprint density at radius 3 is 2.29 bits per heavy atom. The van der Waals surface area contributed by atoms with Gasteiger partial charge in [0.25, 0.3) is 0 Å². The summed E-state index contributed by atoms with van der Waals surface area (Å²) in [7, 11) is 0. The van der Waals surface area contributed by atoms with Crippen LogP contribution in [-0.2, 0) is 18.9 Å². The van der Waals surface area contributed by atoms with Crippen molar-refractivity contribution in [2.75, 3.05) is 39.6 Å². The van der Waals surface area contributed by atoms with Crippen molar-refractivity contribution in [2.45, 2.75) is 30.7 Å². The smallest absolute Gasteiger partial charge is 0.186 e. The first-order chi connectivity index (χ1) is 10.1. The molecule has 1 saturated heterocycles. The van der Waals surface area contributed by atoms with E-state index in [0.29, 0.717) is 13.2 Å². The van der Waals surface area contributed by atoms with Crippen molar-refractivity contribution in [1.82, 2.24) is 0 Å². The van der Waals surface area contributed by atoms with Crippen LogP contribution < -0.4 is 0 Å². The number of hydrogen-bond donors (Lipinski definition) is 4. The zero-order chi connectivity index (χ0) is 15.7. The summed E-state index contributed by atoms with van der Waals surface area (Å²) in [6, 6.07) is 0. The minimum atomic E-state index is -1.45. The van der Waals surface area contributed by atoms with Crippen LogP contribution in [0.3, 0.4) is 0 Å². The van der Waals surface area contributed by atoms with Crippen molar-refractivity contribution >= 4 is 0 Å². The zero-order valence-electron chi connectivity index (χ0n) is 11.6. The van der Waals surface area contributed by atoms with Gasteiger partial charge in [0.15, 0.2) is 6.29 Å².